The molecule has 1 aromatic rings. The second-order valence-electron chi connectivity index (χ2n) is 4.21. The van der Waals surface area contributed by atoms with E-state index in [2.05, 4.69) is 5.18 Å². The quantitative estimate of drug-likeness (QED) is 0.356. The zero-order valence-corrected chi connectivity index (χ0v) is 11.4. The van der Waals surface area contributed by atoms with E-state index >= 15 is 0 Å². The molecule has 0 heterocycles. The van der Waals surface area contributed by atoms with Gasteiger partial charge in [-0.25, -0.2) is 4.79 Å². The van der Waals surface area contributed by atoms with Gasteiger partial charge in [0.15, 0.2) is 0 Å². The summed E-state index contributed by atoms with van der Waals surface area (Å²) in [5.74, 6) is -0.614. The van der Waals surface area contributed by atoms with Gasteiger partial charge in [-0.05, 0) is 29.4 Å². The molecule has 0 fully saturated rings. The van der Waals surface area contributed by atoms with E-state index in [1.165, 1.54) is 31.2 Å². The molecule has 0 aliphatic carbocycles. The van der Waals surface area contributed by atoms with Gasteiger partial charge in [0.25, 0.3) is 0 Å². The van der Waals surface area contributed by atoms with Crippen LogP contribution in [-0.4, -0.2) is 18.4 Å². The van der Waals surface area contributed by atoms with Crippen molar-refractivity contribution in [2.75, 3.05) is 0 Å². The van der Waals surface area contributed by atoms with Crippen molar-refractivity contribution in [3.05, 3.63) is 29.2 Å². The number of esters is 1. The summed E-state index contributed by atoms with van der Waals surface area (Å²) < 4.78 is 14.4. The van der Waals surface area contributed by atoms with Gasteiger partial charge in [-0.3, -0.25) is 4.79 Å². The summed E-state index contributed by atoms with van der Waals surface area (Å²) in [7, 11) is 0. The average molecular weight is 281 g/mol. The molecular weight excluding hydrogens is 266 g/mol. The number of nitroso groups, excluding NO2 is 1. The van der Waals surface area contributed by atoms with E-state index in [1.54, 1.807) is 13.8 Å². The van der Waals surface area contributed by atoms with Crippen molar-refractivity contribution >= 4 is 17.8 Å². The molecule has 0 saturated heterocycles. The smallest absolute Gasteiger partial charge is 0.425 e. The van der Waals surface area contributed by atoms with E-state index < -0.39 is 18.4 Å². The van der Waals surface area contributed by atoms with Crippen LogP contribution < -0.4 is 4.74 Å². The van der Waals surface area contributed by atoms with Gasteiger partial charge in [0.1, 0.15) is 11.4 Å². The Morgan fingerprint density at radius 1 is 1.05 bits per heavy atom. The van der Waals surface area contributed by atoms with Crippen LogP contribution >= 0.6 is 0 Å². The second kappa shape index (κ2) is 7.22. The minimum absolute atomic E-state index is 0.185. The van der Waals surface area contributed by atoms with Gasteiger partial charge in [0.05, 0.1) is 5.92 Å². The molecule has 0 aliphatic rings. The minimum atomic E-state index is -1.05. The highest BCUT2D eigenvalue weighted by Crippen LogP contribution is 2.18. The molecule has 1 rings (SSSR count). The molecule has 7 heteroatoms. The Labute approximate surface area is 115 Å². The van der Waals surface area contributed by atoms with Crippen LogP contribution in [0.5, 0.6) is 5.75 Å². The van der Waals surface area contributed by atoms with Crippen molar-refractivity contribution in [2.24, 2.45) is 11.1 Å². The molecule has 0 radical (unpaired) electrons. The predicted molar refractivity (Wildman–Crippen MR) is 69.4 cm³/mol. The van der Waals surface area contributed by atoms with E-state index in [9.17, 15) is 14.5 Å². The number of hydrogen-bond acceptors (Lipinski definition) is 7. The van der Waals surface area contributed by atoms with Crippen LogP contribution in [-0.2, 0) is 14.3 Å². The maximum Gasteiger partial charge on any atom is 0.516 e. The Kier molecular flexibility index (Phi) is 5.64. The molecule has 0 aliphatic heterocycles. The summed E-state index contributed by atoms with van der Waals surface area (Å²) in [4.78, 5) is 32.9. The molecule has 1 aromatic carbocycles. The summed E-state index contributed by atoms with van der Waals surface area (Å²) >= 11 is 0. The van der Waals surface area contributed by atoms with Gasteiger partial charge >= 0.3 is 12.1 Å². The minimum Gasteiger partial charge on any atom is -0.425 e. The number of benzene rings is 1. The van der Waals surface area contributed by atoms with Crippen LogP contribution in [0, 0.1) is 10.8 Å². The lowest BCUT2D eigenvalue weighted by molar-refractivity contribution is -0.170. The number of hydrogen-bond donors (Lipinski definition) is 0. The molecule has 1 atom stereocenters. The Morgan fingerprint density at radius 3 is 2.15 bits per heavy atom. The average Bonchev–Trinajstić information content (AvgIpc) is 2.39. The van der Waals surface area contributed by atoms with Crippen LogP contribution in [0.2, 0.25) is 0 Å². The maximum atomic E-state index is 11.4. The largest absolute Gasteiger partial charge is 0.516 e. The molecule has 0 aromatic heterocycles. The molecule has 0 spiro atoms. The SMILES string of the molecule is CC(OC(=O)Oc1ccc(N=O)cc1)OC(=O)C(C)C. The van der Waals surface area contributed by atoms with E-state index in [-0.39, 0.29) is 17.4 Å². The van der Waals surface area contributed by atoms with Crippen molar-refractivity contribution in [1.29, 1.82) is 0 Å². The number of rotatable bonds is 5. The van der Waals surface area contributed by atoms with Gasteiger partial charge in [0, 0.05) is 6.92 Å². The van der Waals surface area contributed by atoms with E-state index in [1.807, 2.05) is 0 Å². The number of ether oxygens (including phenoxy) is 3. The molecule has 0 bridgehead atoms. The second-order valence-corrected chi connectivity index (χ2v) is 4.21. The van der Waals surface area contributed by atoms with Gasteiger partial charge in [-0.15, -0.1) is 4.91 Å². The van der Waals surface area contributed by atoms with Gasteiger partial charge in [-0.2, -0.15) is 0 Å². The first-order valence-corrected chi connectivity index (χ1v) is 5.94. The highest BCUT2D eigenvalue weighted by atomic mass is 16.8. The molecular formula is C13H15NO6. The summed E-state index contributed by atoms with van der Waals surface area (Å²) in [6.07, 6.45) is -2.06. The Balaban J connectivity index is 2.46. The van der Waals surface area contributed by atoms with Crippen molar-refractivity contribution < 1.29 is 23.8 Å². The molecule has 108 valence electrons. The molecule has 0 amide bonds. The monoisotopic (exact) mass is 281 g/mol. The van der Waals surface area contributed by atoms with Crippen LogP contribution in [0.25, 0.3) is 0 Å². The maximum absolute atomic E-state index is 11.4. The number of carbonyl (C=O) groups excluding carboxylic acids is 2. The van der Waals surface area contributed by atoms with E-state index in [0.29, 0.717) is 0 Å². The van der Waals surface area contributed by atoms with Crippen LogP contribution in [0.4, 0.5) is 10.5 Å². The van der Waals surface area contributed by atoms with Gasteiger partial charge < -0.3 is 14.2 Å². The molecule has 20 heavy (non-hydrogen) atoms. The standard InChI is InChI=1S/C13H15NO6/c1-8(2)12(15)18-9(3)19-13(16)20-11-6-4-10(14-17)5-7-11/h4-9H,1-3H3. The lowest BCUT2D eigenvalue weighted by Crippen LogP contribution is -2.25. The first-order chi connectivity index (χ1) is 9.42. The van der Waals surface area contributed by atoms with Crippen LogP contribution in [0.3, 0.4) is 0 Å². The highest BCUT2D eigenvalue weighted by Gasteiger charge is 2.17. The summed E-state index contributed by atoms with van der Waals surface area (Å²) in [5, 5.41) is 2.71. The first-order valence-electron chi connectivity index (χ1n) is 5.94. The number of nitrogens with zero attached hydrogens (tertiary/aromatic N) is 1. The van der Waals surface area contributed by atoms with Crippen LogP contribution in [0.1, 0.15) is 20.8 Å². The zero-order valence-electron chi connectivity index (χ0n) is 11.4. The third-order valence-corrected chi connectivity index (χ3v) is 2.16. The Morgan fingerprint density at radius 2 is 1.65 bits per heavy atom. The summed E-state index contributed by atoms with van der Waals surface area (Å²) in [6.45, 7) is 4.73. The lowest BCUT2D eigenvalue weighted by atomic mass is 10.2. The predicted octanol–water partition coefficient (Wildman–Crippen LogP) is 3.15. The molecule has 7 nitrogen and oxygen atoms in total. The third kappa shape index (κ3) is 5.05. The van der Waals surface area contributed by atoms with E-state index in [4.69, 9.17) is 14.2 Å². The topological polar surface area (TPSA) is 91.3 Å². The number of carbonyl (C=O) groups is 2. The fraction of sp³-hybridized carbons (Fsp3) is 0.385. The molecule has 0 saturated carbocycles. The normalized spacial score (nSPS) is 11.6. The van der Waals surface area contributed by atoms with Crippen LogP contribution in [0.15, 0.2) is 29.4 Å². The van der Waals surface area contributed by atoms with Crippen molar-refractivity contribution in [2.45, 2.75) is 27.1 Å². The fourth-order valence-corrected chi connectivity index (χ4v) is 1.15. The fourth-order valence-electron chi connectivity index (χ4n) is 1.15. The third-order valence-electron chi connectivity index (χ3n) is 2.16. The van der Waals surface area contributed by atoms with Gasteiger partial charge in [-0.1, -0.05) is 13.8 Å². The molecule has 0 N–H and O–H groups in total. The van der Waals surface area contributed by atoms with Gasteiger partial charge in [0.2, 0.25) is 6.29 Å². The highest BCUT2D eigenvalue weighted by molar-refractivity contribution is 5.72. The Bertz CT molecular complexity index is 482. The summed E-state index contributed by atoms with van der Waals surface area (Å²) in [6, 6.07) is 5.56. The Hall–Kier alpha value is -2.44. The van der Waals surface area contributed by atoms with Crippen molar-refractivity contribution in [3.63, 3.8) is 0 Å². The van der Waals surface area contributed by atoms with Crippen molar-refractivity contribution in [1.82, 2.24) is 0 Å². The zero-order chi connectivity index (χ0) is 15.1. The van der Waals surface area contributed by atoms with Crippen molar-refractivity contribution in [3.8, 4) is 5.75 Å². The lowest BCUT2D eigenvalue weighted by Gasteiger charge is -2.15. The van der Waals surface area contributed by atoms with E-state index in [0.717, 1.165) is 0 Å². The first kappa shape index (κ1) is 15.6. The molecule has 1 unspecified atom stereocenters. The summed E-state index contributed by atoms with van der Waals surface area (Å²) in [5.41, 5.74) is 0.213.